The van der Waals surface area contributed by atoms with Crippen molar-refractivity contribution in [1.29, 1.82) is 0 Å². The molecule has 0 fully saturated rings. The second kappa shape index (κ2) is 9.23. The van der Waals surface area contributed by atoms with Crippen LogP contribution in [0.2, 0.25) is 12.1 Å². The van der Waals surface area contributed by atoms with Gasteiger partial charge in [-0.2, -0.15) is 0 Å². The summed E-state index contributed by atoms with van der Waals surface area (Å²) in [5.41, 5.74) is 0. The average molecular weight is 190 g/mol. The summed E-state index contributed by atoms with van der Waals surface area (Å²) in [4.78, 5) is 0. The maximum absolute atomic E-state index is 5.75. The Morgan fingerprint density at radius 2 is 1.92 bits per heavy atom. The minimum atomic E-state index is -0.842. The van der Waals surface area contributed by atoms with E-state index < -0.39 is 9.04 Å². The maximum atomic E-state index is 5.75. The summed E-state index contributed by atoms with van der Waals surface area (Å²) < 4.78 is 10.7. The van der Waals surface area contributed by atoms with E-state index in [9.17, 15) is 0 Å². The highest BCUT2D eigenvalue weighted by Gasteiger charge is 2.07. The number of unbranched alkanes of at least 4 members (excludes halogenated alkanes) is 1. The van der Waals surface area contributed by atoms with E-state index in [1.807, 2.05) is 0 Å². The van der Waals surface area contributed by atoms with Gasteiger partial charge in [0.25, 0.3) is 0 Å². The summed E-state index contributed by atoms with van der Waals surface area (Å²) in [6.07, 6.45) is 2.62. The van der Waals surface area contributed by atoms with Gasteiger partial charge in [0.05, 0.1) is 13.2 Å². The van der Waals surface area contributed by atoms with Crippen LogP contribution in [0.15, 0.2) is 0 Å². The molecule has 0 saturated heterocycles. The molecule has 0 aromatic rings. The smallest absolute Gasteiger partial charge is 0.176 e. The molecule has 0 rings (SSSR count). The second-order valence-electron chi connectivity index (χ2n) is 3.04. The Hall–Kier alpha value is 0.137. The van der Waals surface area contributed by atoms with Crippen molar-refractivity contribution in [2.45, 2.75) is 38.8 Å². The lowest BCUT2D eigenvalue weighted by Crippen LogP contribution is -2.19. The van der Waals surface area contributed by atoms with Crippen LogP contribution in [0.25, 0.3) is 0 Å². The van der Waals surface area contributed by atoms with Gasteiger partial charge in [-0.25, -0.2) is 0 Å². The van der Waals surface area contributed by atoms with Crippen molar-refractivity contribution in [1.82, 2.24) is 0 Å². The fraction of sp³-hybridized carbons (Fsp3) is 1.00. The fourth-order valence-electron chi connectivity index (χ4n) is 1.14. The summed E-state index contributed by atoms with van der Waals surface area (Å²) in [6.45, 7) is 6.01. The Morgan fingerprint density at radius 1 is 1.17 bits per heavy atom. The van der Waals surface area contributed by atoms with Crippen molar-refractivity contribution < 1.29 is 9.16 Å². The van der Waals surface area contributed by atoms with Gasteiger partial charge in [-0.05, 0) is 12.1 Å². The Balaban J connectivity index is 3.26. The molecule has 0 aromatic carbocycles. The number of hydrogen-bond donors (Lipinski definition) is 0. The van der Waals surface area contributed by atoms with Gasteiger partial charge in [0.1, 0.15) is 0 Å². The second-order valence-corrected chi connectivity index (χ2v) is 6.01. The first-order valence-corrected chi connectivity index (χ1v) is 7.06. The van der Waals surface area contributed by atoms with Gasteiger partial charge >= 0.3 is 0 Å². The van der Waals surface area contributed by atoms with Gasteiger partial charge in [0, 0.05) is 7.11 Å². The van der Waals surface area contributed by atoms with Crippen LogP contribution in [-0.4, -0.2) is 29.4 Å². The molecule has 0 aliphatic carbocycles. The molecule has 0 radical (unpaired) electrons. The molecule has 0 heterocycles. The predicted molar refractivity (Wildman–Crippen MR) is 55.2 cm³/mol. The molecule has 0 aromatic heterocycles. The lowest BCUT2D eigenvalue weighted by Gasteiger charge is -2.13. The van der Waals surface area contributed by atoms with Crippen molar-refractivity contribution in [3.05, 3.63) is 0 Å². The molecule has 0 amide bonds. The van der Waals surface area contributed by atoms with Crippen LogP contribution in [0.1, 0.15) is 26.7 Å². The molecule has 74 valence electrons. The van der Waals surface area contributed by atoms with Crippen LogP contribution in [-0.2, 0) is 9.16 Å². The van der Waals surface area contributed by atoms with Crippen LogP contribution in [0, 0.1) is 0 Å². The van der Waals surface area contributed by atoms with Crippen molar-refractivity contribution in [3.8, 4) is 0 Å². The van der Waals surface area contributed by atoms with E-state index >= 15 is 0 Å². The van der Waals surface area contributed by atoms with Gasteiger partial charge in [0.2, 0.25) is 0 Å². The predicted octanol–water partition coefficient (Wildman–Crippen LogP) is 2.19. The molecule has 0 spiro atoms. The largest absolute Gasteiger partial charge is 0.418 e. The molecular formula is C9H22O2Si. The minimum absolute atomic E-state index is 0.746. The normalized spacial score (nSPS) is 13.2. The minimum Gasteiger partial charge on any atom is -0.418 e. The Bertz CT molecular complexity index is 88.6. The topological polar surface area (TPSA) is 18.5 Å². The third-order valence-electron chi connectivity index (χ3n) is 1.98. The molecule has 3 heteroatoms. The number of hydrogen-bond acceptors (Lipinski definition) is 2. The van der Waals surface area contributed by atoms with Gasteiger partial charge in [0.15, 0.2) is 9.04 Å². The zero-order chi connectivity index (χ0) is 9.23. The van der Waals surface area contributed by atoms with E-state index in [0.29, 0.717) is 0 Å². The zero-order valence-electron chi connectivity index (χ0n) is 8.64. The quantitative estimate of drug-likeness (QED) is 0.431. The van der Waals surface area contributed by atoms with Gasteiger partial charge in [-0.3, -0.25) is 0 Å². The molecule has 1 unspecified atom stereocenters. The zero-order valence-corrected chi connectivity index (χ0v) is 9.79. The average Bonchev–Trinajstić information content (AvgIpc) is 2.11. The van der Waals surface area contributed by atoms with Crippen LogP contribution < -0.4 is 0 Å². The highest BCUT2D eigenvalue weighted by molar-refractivity contribution is 6.51. The lowest BCUT2D eigenvalue weighted by atomic mass is 10.4. The lowest BCUT2D eigenvalue weighted by molar-refractivity contribution is 0.145. The van der Waals surface area contributed by atoms with Crippen LogP contribution in [0.3, 0.4) is 0 Å². The summed E-state index contributed by atoms with van der Waals surface area (Å²) >= 11 is 0. The molecule has 0 aliphatic heterocycles. The number of ether oxygens (including phenoxy) is 1. The van der Waals surface area contributed by atoms with E-state index in [1.165, 1.54) is 24.9 Å². The SMILES string of the molecule is CCCC[SiH](CC)OCCOC. The molecular weight excluding hydrogens is 168 g/mol. The third-order valence-corrected chi connectivity index (χ3v) is 4.65. The molecule has 1 atom stereocenters. The van der Waals surface area contributed by atoms with E-state index in [0.717, 1.165) is 13.2 Å². The Morgan fingerprint density at radius 3 is 2.42 bits per heavy atom. The van der Waals surface area contributed by atoms with Gasteiger partial charge in [-0.15, -0.1) is 0 Å². The Labute approximate surface area is 78.0 Å². The van der Waals surface area contributed by atoms with Crippen LogP contribution in [0.4, 0.5) is 0 Å². The van der Waals surface area contributed by atoms with Crippen molar-refractivity contribution in [3.63, 3.8) is 0 Å². The van der Waals surface area contributed by atoms with Crippen molar-refractivity contribution >= 4 is 9.04 Å². The number of rotatable bonds is 8. The van der Waals surface area contributed by atoms with E-state index in [4.69, 9.17) is 9.16 Å². The first kappa shape index (κ1) is 12.1. The molecule has 2 nitrogen and oxygen atoms in total. The standard InChI is InChI=1S/C9H22O2Si/c1-4-6-9-12(5-2)11-8-7-10-3/h12H,4-9H2,1-3H3. The highest BCUT2D eigenvalue weighted by atomic mass is 28.3. The summed E-state index contributed by atoms with van der Waals surface area (Å²) in [6, 6.07) is 2.58. The fourth-order valence-corrected chi connectivity index (χ4v) is 3.24. The monoisotopic (exact) mass is 190 g/mol. The Kier molecular flexibility index (Phi) is 9.33. The van der Waals surface area contributed by atoms with Crippen LogP contribution >= 0.6 is 0 Å². The highest BCUT2D eigenvalue weighted by Crippen LogP contribution is 2.06. The van der Waals surface area contributed by atoms with E-state index in [2.05, 4.69) is 13.8 Å². The number of methoxy groups -OCH3 is 1. The van der Waals surface area contributed by atoms with Crippen molar-refractivity contribution in [2.75, 3.05) is 20.3 Å². The maximum Gasteiger partial charge on any atom is 0.176 e. The summed E-state index contributed by atoms with van der Waals surface area (Å²) in [5.74, 6) is 0. The van der Waals surface area contributed by atoms with Crippen molar-refractivity contribution in [2.24, 2.45) is 0 Å². The van der Waals surface area contributed by atoms with Gasteiger partial charge in [-0.1, -0.05) is 26.7 Å². The first-order chi connectivity index (χ1) is 5.85. The molecule has 0 N–H and O–H groups in total. The van der Waals surface area contributed by atoms with E-state index in [-0.39, 0.29) is 0 Å². The third kappa shape index (κ3) is 6.82. The molecule has 0 aliphatic rings. The van der Waals surface area contributed by atoms with Gasteiger partial charge < -0.3 is 9.16 Å². The summed E-state index contributed by atoms with van der Waals surface area (Å²) in [7, 11) is 0.878. The van der Waals surface area contributed by atoms with Crippen LogP contribution in [0.5, 0.6) is 0 Å². The van der Waals surface area contributed by atoms with E-state index in [1.54, 1.807) is 7.11 Å². The molecule has 12 heavy (non-hydrogen) atoms. The molecule has 0 saturated carbocycles. The molecule has 0 bridgehead atoms. The summed E-state index contributed by atoms with van der Waals surface area (Å²) in [5, 5.41) is 0. The first-order valence-electron chi connectivity index (χ1n) is 4.95.